The largest absolute Gasteiger partial charge is 0.308 e. The molecular weight excluding hydrogens is 308 g/mol. The minimum atomic E-state index is 0.0683. The van der Waals surface area contributed by atoms with Crippen molar-refractivity contribution in [3.8, 4) is 0 Å². The first-order valence-corrected chi connectivity index (χ1v) is 8.55. The van der Waals surface area contributed by atoms with Gasteiger partial charge in [0, 0.05) is 33.1 Å². The SMILES string of the molecule is Cc1csc(Sc2cccc(Cl)c2CNC(C)(C)C)n1. The number of hydrogen-bond acceptors (Lipinski definition) is 4. The van der Waals surface area contributed by atoms with Crippen LogP contribution in [0.1, 0.15) is 32.0 Å². The Hall–Kier alpha value is -0.550. The second kappa shape index (κ2) is 6.48. The van der Waals surface area contributed by atoms with Gasteiger partial charge in [0.05, 0.1) is 0 Å². The van der Waals surface area contributed by atoms with Crippen LogP contribution in [0.25, 0.3) is 0 Å². The Morgan fingerprint density at radius 2 is 2.10 bits per heavy atom. The zero-order valence-corrected chi connectivity index (χ0v) is 14.5. The number of hydrogen-bond donors (Lipinski definition) is 1. The van der Waals surface area contributed by atoms with Crippen LogP contribution in [-0.4, -0.2) is 10.5 Å². The highest BCUT2D eigenvalue weighted by atomic mass is 35.5. The van der Waals surface area contributed by atoms with Crippen molar-refractivity contribution in [1.29, 1.82) is 0 Å². The first-order valence-electron chi connectivity index (χ1n) is 6.47. The van der Waals surface area contributed by atoms with Gasteiger partial charge in [0.25, 0.3) is 0 Å². The Labute approximate surface area is 134 Å². The molecule has 0 amide bonds. The molecule has 2 aromatic rings. The zero-order chi connectivity index (χ0) is 14.8. The Kier molecular flexibility index (Phi) is 5.13. The number of rotatable bonds is 4. The molecule has 0 unspecified atom stereocenters. The summed E-state index contributed by atoms with van der Waals surface area (Å²) >= 11 is 9.71. The van der Waals surface area contributed by atoms with Crippen LogP contribution in [0.2, 0.25) is 5.02 Å². The lowest BCUT2D eigenvalue weighted by atomic mass is 10.1. The van der Waals surface area contributed by atoms with E-state index >= 15 is 0 Å². The highest BCUT2D eigenvalue weighted by Gasteiger charge is 2.14. The molecule has 1 N–H and O–H groups in total. The van der Waals surface area contributed by atoms with Gasteiger partial charge >= 0.3 is 0 Å². The molecule has 20 heavy (non-hydrogen) atoms. The lowest BCUT2D eigenvalue weighted by Crippen LogP contribution is -2.35. The van der Waals surface area contributed by atoms with E-state index < -0.39 is 0 Å². The lowest BCUT2D eigenvalue weighted by molar-refractivity contribution is 0.422. The predicted molar refractivity (Wildman–Crippen MR) is 89.0 cm³/mol. The molecule has 2 nitrogen and oxygen atoms in total. The van der Waals surface area contributed by atoms with Crippen molar-refractivity contribution in [3.63, 3.8) is 0 Å². The number of nitrogens with one attached hydrogen (secondary N) is 1. The van der Waals surface area contributed by atoms with Crippen LogP contribution in [0.15, 0.2) is 32.8 Å². The monoisotopic (exact) mass is 326 g/mol. The molecule has 2 rings (SSSR count). The summed E-state index contributed by atoms with van der Waals surface area (Å²) in [6, 6.07) is 6.04. The first kappa shape index (κ1) is 15.8. The van der Waals surface area contributed by atoms with Crippen LogP contribution in [0.5, 0.6) is 0 Å². The van der Waals surface area contributed by atoms with Crippen LogP contribution in [0.3, 0.4) is 0 Å². The molecule has 0 saturated heterocycles. The number of thiazole rings is 1. The molecule has 0 atom stereocenters. The summed E-state index contributed by atoms with van der Waals surface area (Å²) in [5, 5.41) is 6.37. The minimum absolute atomic E-state index is 0.0683. The number of nitrogens with zero attached hydrogens (tertiary/aromatic N) is 1. The van der Waals surface area contributed by atoms with Crippen molar-refractivity contribution in [2.24, 2.45) is 0 Å². The highest BCUT2D eigenvalue weighted by Crippen LogP contribution is 2.35. The third-order valence-electron chi connectivity index (χ3n) is 2.67. The maximum atomic E-state index is 6.36. The van der Waals surface area contributed by atoms with Crippen molar-refractivity contribution in [2.75, 3.05) is 0 Å². The fourth-order valence-electron chi connectivity index (χ4n) is 1.63. The van der Waals surface area contributed by atoms with Crippen LogP contribution in [0.4, 0.5) is 0 Å². The van der Waals surface area contributed by atoms with E-state index in [1.165, 1.54) is 4.90 Å². The number of benzene rings is 1. The maximum absolute atomic E-state index is 6.36. The van der Waals surface area contributed by atoms with E-state index in [-0.39, 0.29) is 5.54 Å². The molecule has 0 aliphatic heterocycles. The molecule has 0 aliphatic carbocycles. The van der Waals surface area contributed by atoms with Gasteiger partial charge in [0.1, 0.15) is 0 Å². The summed E-state index contributed by atoms with van der Waals surface area (Å²) < 4.78 is 1.06. The number of halogens is 1. The molecule has 0 saturated carbocycles. The van der Waals surface area contributed by atoms with E-state index in [9.17, 15) is 0 Å². The molecule has 108 valence electrons. The molecule has 1 heterocycles. The van der Waals surface area contributed by atoms with E-state index in [0.29, 0.717) is 0 Å². The van der Waals surface area contributed by atoms with E-state index in [1.54, 1.807) is 23.1 Å². The van der Waals surface area contributed by atoms with Gasteiger partial charge in [0.15, 0.2) is 4.34 Å². The van der Waals surface area contributed by atoms with Gasteiger partial charge in [-0.1, -0.05) is 29.4 Å². The second-order valence-corrected chi connectivity index (χ2v) is 8.23. The maximum Gasteiger partial charge on any atom is 0.154 e. The smallest absolute Gasteiger partial charge is 0.154 e. The van der Waals surface area contributed by atoms with Crippen LogP contribution >= 0.6 is 34.7 Å². The van der Waals surface area contributed by atoms with Gasteiger partial charge in [-0.25, -0.2) is 4.98 Å². The van der Waals surface area contributed by atoms with Crippen molar-refractivity contribution in [3.05, 3.63) is 39.9 Å². The average molecular weight is 327 g/mol. The first-order chi connectivity index (χ1) is 9.35. The molecule has 1 aromatic heterocycles. The van der Waals surface area contributed by atoms with Crippen LogP contribution in [-0.2, 0) is 6.54 Å². The molecule has 0 bridgehead atoms. The van der Waals surface area contributed by atoms with Crippen molar-refractivity contribution in [2.45, 2.75) is 49.0 Å². The molecule has 0 radical (unpaired) electrons. The molecule has 0 spiro atoms. The van der Waals surface area contributed by atoms with Gasteiger partial charge in [-0.15, -0.1) is 11.3 Å². The fourth-order valence-corrected chi connectivity index (χ4v) is 3.89. The van der Waals surface area contributed by atoms with Crippen LogP contribution in [0, 0.1) is 6.92 Å². The van der Waals surface area contributed by atoms with E-state index in [0.717, 1.165) is 27.2 Å². The lowest BCUT2D eigenvalue weighted by Gasteiger charge is -2.22. The summed E-state index contributed by atoms with van der Waals surface area (Å²) in [7, 11) is 0. The van der Waals surface area contributed by atoms with Gasteiger partial charge in [-0.2, -0.15) is 0 Å². The van der Waals surface area contributed by atoms with Crippen molar-refractivity contribution in [1.82, 2.24) is 10.3 Å². The third-order valence-corrected chi connectivity index (χ3v) is 5.18. The standard InChI is InChI=1S/C15H19ClN2S2/c1-10-9-19-14(18-10)20-13-7-5-6-12(16)11(13)8-17-15(2,3)4/h5-7,9,17H,8H2,1-4H3. The van der Waals surface area contributed by atoms with Gasteiger partial charge in [-0.3, -0.25) is 0 Å². The van der Waals surface area contributed by atoms with Gasteiger partial charge in [0.2, 0.25) is 0 Å². The average Bonchev–Trinajstić information content (AvgIpc) is 2.73. The van der Waals surface area contributed by atoms with E-state index in [2.05, 4.69) is 42.5 Å². The summed E-state index contributed by atoms with van der Waals surface area (Å²) in [4.78, 5) is 5.67. The predicted octanol–water partition coefficient (Wildman–Crippen LogP) is 5.14. The molecule has 0 fully saturated rings. The summed E-state index contributed by atoms with van der Waals surface area (Å²) in [5.74, 6) is 0. The van der Waals surface area contributed by atoms with Crippen molar-refractivity contribution >= 4 is 34.7 Å². The number of aromatic nitrogens is 1. The Bertz CT molecular complexity index is 588. The normalized spacial score (nSPS) is 11.8. The Morgan fingerprint density at radius 3 is 2.70 bits per heavy atom. The minimum Gasteiger partial charge on any atom is -0.308 e. The molecule has 5 heteroatoms. The third kappa shape index (κ3) is 4.48. The summed E-state index contributed by atoms with van der Waals surface area (Å²) in [5.41, 5.74) is 2.27. The quantitative estimate of drug-likeness (QED) is 0.841. The Morgan fingerprint density at radius 1 is 1.35 bits per heavy atom. The van der Waals surface area contributed by atoms with E-state index in [4.69, 9.17) is 11.6 Å². The topological polar surface area (TPSA) is 24.9 Å². The molecule has 1 aromatic carbocycles. The van der Waals surface area contributed by atoms with Crippen molar-refractivity contribution < 1.29 is 0 Å². The van der Waals surface area contributed by atoms with Gasteiger partial charge in [-0.05, 0) is 45.4 Å². The highest BCUT2D eigenvalue weighted by molar-refractivity contribution is 8.01. The molecular formula is C15H19ClN2S2. The molecule has 0 aliphatic rings. The summed E-state index contributed by atoms with van der Waals surface area (Å²) in [6.45, 7) is 9.24. The second-order valence-electron chi connectivity index (χ2n) is 5.68. The summed E-state index contributed by atoms with van der Waals surface area (Å²) in [6.07, 6.45) is 0. The van der Waals surface area contributed by atoms with Gasteiger partial charge < -0.3 is 5.32 Å². The van der Waals surface area contributed by atoms with E-state index in [1.807, 2.05) is 19.1 Å². The number of aryl methyl sites for hydroxylation is 1. The zero-order valence-electron chi connectivity index (χ0n) is 12.2. The van der Waals surface area contributed by atoms with Crippen LogP contribution < -0.4 is 5.32 Å². The fraction of sp³-hybridized carbons (Fsp3) is 0.400. The Balaban J connectivity index is 2.21.